The Labute approximate surface area is 121 Å². The third-order valence-electron chi connectivity index (χ3n) is 3.23. The molecule has 19 heavy (non-hydrogen) atoms. The van der Waals surface area contributed by atoms with Gasteiger partial charge < -0.3 is 0 Å². The van der Waals surface area contributed by atoms with Crippen LogP contribution in [-0.4, -0.2) is 0 Å². The maximum Gasteiger partial charge on any atom is 0.145 e. The molecule has 2 nitrogen and oxygen atoms in total. The number of unbranched alkanes of at least 4 members (excludes halogenated alkanes) is 4. The van der Waals surface area contributed by atoms with Gasteiger partial charge >= 0.3 is 0 Å². The van der Waals surface area contributed by atoms with Crippen LogP contribution in [0.3, 0.4) is 0 Å². The zero-order chi connectivity index (χ0) is 14.3. The third kappa shape index (κ3) is 4.82. The van der Waals surface area contributed by atoms with Gasteiger partial charge in [-0.25, -0.2) is 8.78 Å². The van der Waals surface area contributed by atoms with Crippen LogP contribution in [0.25, 0.3) is 0 Å². The van der Waals surface area contributed by atoms with Gasteiger partial charge in [0, 0.05) is 5.56 Å². The molecule has 5 heteroatoms. The van der Waals surface area contributed by atoms with Crippen LogP contribution >= 0.6 is 15.9 Å². The number of rotatable bonds is 8. The molecule has 0 radical (unpaired) electrons. The second kappa shape index (κ2) is 8.61. The highest BCUT2D eigenvalue weighted by molar-refractivity contribution is 9.10. The lowest BCUT2D eigenvalue weighted by Gasteiger charge is -2.18. The van der Waals surface area contributed by atoms with Gasteiger partial charge in [0.1, 0.15) is 11.6 Å². The molecule has 0 saturated heterocycles. The molecule has 1 aromatic rings. The zero-order valence-electron chi connectivity index (χ0n) is 11.2. The van der Waals surface area contributed by atoms with Crippen molar-refractivity contribution in [3.05, 3.63) is 33.8 Å². The van der Waals surface area contributed by atoms with Gasteiger partial charge in [-0.1, -0.05) is 39.0 Å². The van der Waals surface area contributed by atoms with Crippen molar-refractivity contribution < 1.29 is 8.78 Å². The van der Waals surface area contributed by atoms with Crippen molar-refractivity contribution in [3.8, 4) is 0 Å². The molecular weight excluding hydrogens is 314 g/mol. The van der Waals surface area contributed by atoms with E-state index in [1.165, 1.54) is 25.0 Å². The summed E-state index contributed by atoms with van der Waals surface area (Å²) < 4.78 is 27.9. The van der Waals surface area contributed by atoms with Gasteiger partial charge in [-0.3, -0.25) is 11.3 Å². The lowest BCUT2D eigenvalue weighted by Crippen LogP contribution is -2.29. The zero-order valence-corrected chi connectivity index (χ0v) is 12.8. The van der Waals surface area contributed by atoms with Gasteiger partial charge in [0.25, 0.3) is 0 Å². The number of hydrogen-bond acceptors (Lipinski definition) is 2. The fraction of sp³-hybridized carbons (Fsp3) is 0.571. The maximum absolute atomic E-state index is 13.9. The highest BCUT2D eigenvalue weighted by Crippen LogP contribution is 2.29. The van der Waals surface area contributed by atoms with Gasteiger partial charge in [-0.2, -0.15) is 0 Å². The van der Waals surface area contributed by atoms with Crippen molar-refractivity contribution >= 4 is 15.9 Å². The first-order valence-electron chi connectivity index (χ1n) is 6.71. The molecule has 0 aliphatic heterocycles. The molecule has 0 aliphatic carbocycles. The number of halogens is 3. The van der Waals surface area contributed by atoms with E-state index in [0.29, 0.717) is 6.42 Å². The molecule has 1 atom stereocenters. The van der Waals surface area contributed by atoms with Crippen LogP contribution in [0.1, 0.15) is 57.1 Å². The molecule has 1 unspecified atom stereocenters. The smallest absolute Gasteiger partial charge is 0.145 e. The van der Waals surface area contributed by atoms with Gasteiger partial charge in [0.05, 0.1) is 10.5 Å². The summed E-state index contributed by atoms with van der Waals surface area (Å²) in [4.78, 5) is 0. The third-order valence-corrected chi connectivity index (χ3v) is 3.84. The van der Waals surface area contributed by atoms with Gasteiger partial charge in [0.15, 0.2) is 0 Å². The van der Waals surface area contributed by atoms with Crippen LogP contribution < -0.4 is 11.3 Å². The molecule has 1 rings (SSSR count). The first-order valence-corrected chi connectivity index (χ1v) is 7.50. The molecule has 0 bridgehead atoms. The number of nitrogens with one attached hydrogen (secondary N) is 1. The average molecular weight is 335 g/mol. The number of benzene rings is 1. The van der Waals surface area contributed by atoms with Crippen LogP contribution in [0.2, 0.25) is 0 Å². The number of nitrogens with two attached hydrogens (primary N) is 1. The summed E-state index contributed by atoms with van der Waals surface area (Å²) in [6.07, 6.45) is 6.11. The minimum absolute atomic E-state index is 0.0207. The molecule has 0 aromatic heterocycles. The number of hydrazine groups is 1. The predicted octanol–water partition coefficient (Wildman–Crippen LogP) is 4.59. The molecule has 0 fully saturated rings. The molecule has 3 N–H and O–H groups in total. The Morgan fingerprint density at radius 2 is 1.89 bits per heavy atom. The lowest BCUT2D eigenvalue weighted by atomic mass is 9.99. The van der Waals surface area contributed by atoms with Crippen molar-refractivity contribution in [2.24, 2.45) is 5.84 Å². The summed E-state index contributed by atoms with van der Waals surface area (Å²) >= 11 is 3.07. The highest BCUT2D eigenvalue weighted by Gasteiger charge is 2.20. The molecule has 0 aliphatic rings. The lowest BCUT2D eigenvalue weighted by molar-refractivity contribution is 0.434. The standard InChI is InChI=1S/C14H21BrF2N2/c1-2-3-4-5-6-7-12(19-18)13-11(16)9-8-10(15)14(13)17/h8-9,12,19H,2-7,18H2,1H3. The number of hydrogen-bond donors (Lipinski definition) is 2. The SMILES string of the molecule is CCCCCCCC(NN)c1c(F)ccc(Br)c1F. The van der Waals surface area contributed by atoms with Crippen molar-refractivity contribution in [3.63, 3.8) is 0 Å². The molecule has 0 saturated carbocycles. The normalized spacial score (nSPS) is 12.7. The minimum atomic E-state index is -0.573. The second-order valence-electron chi connectivity index (χ2n) is 4.68. The second-order valence-corrected chi connectivity index (χ2v) is 5.53. The van der Waals surface area contributed by atoms with E-state index in [1.807, 2.05) is 0 Å². The largest absolute Gasteiger partial charge is 0.271 e. The van der Waals surface area contributed by atoms with Gasteiger partial charge in [-0.05, 0) is 34.5 Å². The first-order chi connectivity index (χ1) is 9.11. The van der Waals surface area contributed by atoms with Crippen molar-refractivity contribution in [1.29, 1.82) is 0 Å². The molecule has 0 amide bonds. The Balaban J connectivity index is 2.67. The van der Waals surface area contributed by atoms with E-state index in [-0.39, 0.29) is 10.0 Å². The summed E-state index contributed by atoms with van der Waals surface area (Å²) in [5, 5.41) is 0. The van der Waals surface area contributed by atoms with Gasteiger partial charge in [0.2, 0.25) is 0 Å². The summed E-state index contributed by atoms with van der Waals surface area (Å²) in [5.74, 6) is 4.30. The van der Waals surface area contributed by atoms with E-state index in [1.54, 1.807) is 0 Å². The topological polar surface area (TPSA) is 38.0 Å². The van der Waals surface area contributed by atoms with E-state index >= 15 is 0 Å². The van der Waals surface area contributed by atoms with Gasteiger partial charge in [-0.15, -0.1) is 0 Å². The van der Waals surface area contributed by atoms with E-state index < -0.39 is 17.7 Å². The fourth-order valence-electron chi connectivity index (χ4n) is 2.13. The average Bonchev–Trinajstić information content (AvgIpc) is 2.41. The van der Waals surface area contributed by atoms with Crippen molar-refractivity contribution in [1.82, 2.24) is 5.43 Å². The predicted molar refractivity (Wildman–Crippen MR) is 77.5 cm³/mol. The van der Waals surface area contributed by atoms with Crippen LogP contribution in [0.5, 0.6) is 0 Å². The summed E-state index contributed by atoms with van der Waals surface area (Å²) in [6, 6.07) is 2.13. The highest BCUT2D eigenvalue weighted by atomic mass is 79.9. The molecule has 0 spiro atoms. The van der Waals surface area contributed by atoms with Crippen molar-refractivity contribution in [2.75, 3.05) is 0 Å². The quantitative estimate of drug-likeness (QED) is 0.316. The van der Waals surface area contributed by atoms with E-state index in [0.717, 1.165) is 19.3 Å². The van der Waals surface area contributed by atoms with Crippen LogP contribution in [0.15, 0.2) is 16.6 Å². The Bertz CT molecular complexity index is 399. The van der Waals surface area contributed by atoms with Crippen LogP contribution in [0, 0.1) is 11.6 Å². The van der Waals surface area contributed by atoms with Crippen molar-refractivity contribution in [2.45, 2.75) is 51.5 Å². The summed E-state index contributed by atoms with van der Waals surface area (Å²) in [5.41, 5.74) is 2.54. The van der Waals surface area contributed by atoms with E-state index in [9.17, 15) is 8.78 Å². The Hall–Kier alpha value is -0.520. The molecule has 0 heterocycles. The summed E-state index contributed by atoms with van der Waals surface area (Å²) in [7, 11) is 0. The van der Waals surface area contributed by atoms with Crippen LogP contribution in [-0.2, 0) is 0 Å². The Kier molecular flexibility index (Phi) is 7.49. The minimum Gasteiger partial charge on any atom is -0.271 e. The molecule has 1 aromatic carbocycles. The molecule has 108 valence electrons. The van der Waals surface area contributed by atoms with E-state index in [4.69, 9.17) is 5.84 Å². The van der Waals surface area contributed by atoms with E-state index in [2.05, 4.69) is 28.3 Å². The first kappa shape index (κ1) is 16.5. The Morgan fingerprint density at radius 1 is 1.21 bits per heavy atom. The summed E-state index contributed by atoms with van der Waals surface area (Å²) in [6.45, 7) is 2.15. The van der Waals surface area contributed by atoms with Crippen LogP contribution in [0.4, 0.5) is 8.78 Å². The molecular formula is C14H21BrF2N2. The fourth-order valence-corrected chi connectivity index (χ4v) is 2.47. The monoisotopic (exact) mass is 334 g/mol. The maximum atomic E-state index is 13.9. The Morgan fingerprint density at radius 3 is 2.53 bits per heavy atom.